The summed E-state index contributed by atoms with van der Waals surface area (Å²) in [5, 5.41) is 0. The van der Waals surface area contributed by atoms with Gasteiger partial charge in [-0.3, -0.25) is 0 Å². The van der Waals surface area contributed by atoms with Gasteiger partial charge in [0.05, 0.1) is 17.9 Å². The maximum Gasteiger partial charge on any atom is 0.126 e. The molecule has 1 aromatic carbocycles. The summed E-state index contributed by atoms with van der Waals surface area (Å²) in [7, 11) is 0. The molecule has 90 valence electrons. The van der Waals surface area contributed by atoms with Crippen LogP contribution in [-0.4, -0.2) is 9.97 Å². The van der Waals surface area contributed by atoms with Crippen molar-refractivity contribution in [2.45, 2.75) is 26.3 Å². The maximum absolute atomic E-state index is 13.2. The average molecular weight is 233 g/mol. The van der Waals surface area contributed by atoms with Crippen LogP contribution < -0.4 is 5.73 Å². The van der Waals surface area contributed by atoms with Crippen LogP contribution in [0.4, 0.5) is 4.39 Å². The maximum atomic E-state index is 13.2. The molecule has 0 amide bonds. The van der Waals surface area contributed by atoms with Crippen LogP contribution in [0, 0.1) is 12.7 Å². The Balaban J connectivity index is 2.33. The highest BCUT2D eigenvalue weighted by Gasteiger charge is 2.09. The third-order valence-electron chi connectivity index (χ3n) is 2.86. The van der Waals surface area contributed by atoms with E-state index in [0.717, 1.165) is 23.5 Å². The van der Waals surface area contributed by atoms with Crippen LogP contribution in [0.1, 0.15) is 30.8 Å². The highest BCUT2D eigenvalue weighted by Crippen LogP contribution is 2.21. The molecule has 0 saturated heterocycles. The fourth-order valence-corrected chi connectivity index (χ4v) is 1.68. The predicted octanol–water partition coefficient (Wildman–Crippen LogP) is 2.93. The molecule has 0 aliphatic heterocycles. The Morgan fingerprint density at radius 3 is 2.88 bits per heavy atom. The standard InChI is InChI=1S/C13H16FN3/c1-3-11(15)13-16-7-12(17-13)9-4-5-10(14)8(2)6-9/h4-7,11H,3,15H2,1-2H3,(H,16,17)/t11-/m0/s1. The lowest BCUT2D eigenvalue weighted by atomic mass is 10.1. The van der Waals surface area contributed by atoms with Crippen molar-refractivity contribution in [2.75, 3.05) is 0 Å². The molecule has 3 N–H and O–H groups in total. The van der Waals surface area contributed by atoms with Gasteiger partial charge in [-0.25, -0.2) is 9.37 Å². The number of aromatic nitrogens is 2. The van der Waals surface area contributed by atoms with E-state index >= 15 is 0 Å². The van der Waals surface area contributed by atoms with Crippen molar-refractivity contribution in [3.63, 3.8) is 0 Å². The number of aryl methyl sites for hydroxylation is 1. The number of hydrogen-bond acceptors (Lipinski definition) is 2. The molecule has 1 heterocycles. The lowest BCUT2D eigenvalue weighted by Crippen LogP contribution is -2.10. The number of nitrogens with one attached hydrogen (secondary N) is 1. The van der Waals surface area contributed by atoms with E-state index in [4.69, 9.17) is 5.73 Å². The zero-order chi connectivity index (χ0) is 12.4. The highest BCUT2D eigenvalue weighted by atomic mass is 19.1. The predicted molar refractivity (Wildman–Crippen MR) is 65.9 cm³/mol. The van der Waals surface area contributed by atoms with E-state index < -0.39 is 0 Å². The van der Waals surface area contributed by atoms with Gasteiger partial charge in [-0.15, -0.1) is 0 Å². The van der Waals surface area contributed by atoms with Crippen molar-refractivity contribution < 1.29 is 4.39 Å². The number of H-pyrrole nitrogens is 1. The minimum absolute atomic E-state index is 0.0784. The fraction of sp³-hybridized carbons (Fsp3) is 0.308. The SMILES string of the molecule is CC[C@H](N)c1ncc(-c2ccc(F)c(C)c2)[nH]1. The van der Waals surface area contributed by atoms with Crippen LogP contribution in [0.2, 0.25) is 0 Å². The van der Waals surface area contributed by atoms with Crippen molar-refractivity contribution in [1.29, 1.82) is 0 Å². The van der Waals surface area contributed by atoms with E-state index in [-0.39, 0.29) is 11.9 Å². The molecule has 0 bridgehead atoms. The smallest absolute Gasteiger partial charge is 0.126 e. The molecular formula is C13H16FN3. The first-order valence-corrected chi connectivity index (χ1v) is 5.68. The molecule has 0 aliphatic rings. The van der Waals surface area contributed by atoms with Gasteiger partial charge < -0.3 is 10.7 Å². The molecule has 0 aliphatic carbocycles. The number of imidazole rings is 1. The van der Waals surface area contributed by atoms with E-state index in [2.05, 4.69) is 9.97 Å². The monoisotopic (exact) mass is 233 g/mol. The Morgan fingerprint density at radius 1 is 1.47 bits per heavy atom. The topological polar surface area (TPSA) is 54.7 Å². The van der Waals surface area contributed by atoms with Gasteiger partial charge in [-0.2, -0.15) is 0 Å². The molecule has 3 nitrogen and oxygen atoms in total. The molecule has 2 rings (SSSR count). The van der Waals surface area contributed by atoms with E-state index in [9.17, 15) is 4.39 Å². The van der Waals surface area contributed by atoms with Crippen molar-refractivity contribution >= 4 is 0 Å². The van der Waals surface area contributed by atoms with E-state index in [1.807, 2.05) is 6.92 Å². The third kappa shape index (κ3) is 2.36. The van der Waals surface area contributed by atoms with Gasteiger partial charge in [-0.05, 0) is 37.1 Å². The van der Waals surface area contributed by atoms with E-state index in [1.165, 1.54) is 6.07 Å². The number of halogens is 1. The largest absolute Gasteiger partial charge is 0.341 e. The van der Waals surface area contributed by atoms with Crippen LogP contribution in [0.15, 0.2) is 24.4 Å². The normalized spacial score (nSPS) is 12.7. The van der Waals surface area contributed by atoms with E-state index in [1.54, 1.807) is 25.3 Å². The molecule has 1 aromatic heterocycles. The molecular weight excluding hydrogens is 217 g/mol. The lowest BCUT2D eigenvalue weighted by molar-refractivity contribution is 0.618. The number of hydrogen-bond donors (Lipinski definition) is 2. The Labute approximate surface area is 99.9 Å². The summed E-state index contributed by atoms with van der Waals surface area (Å²) in [5.41, 5.74) is 8.30. The van der Waals surface area contributed by atoms with Gasteiger partial charge in [0.2, 0.25) is 0 Å². The van der Waals surface area contributed by atoms with E-state index in [0.29, 0.717) is 5.56 Å². The zero-order valence-electron chi connectivity index (χ0n) is 10.00. The second-order valence-electron chi connectivity index (χ2n) is 4.16. The number of benzene rings is 1. The minimum atomic E-state index is -0.196. The molecule has 17 heavy (non-hydrogen) atoms. The Kier molecular flexibility index (Phi) is 3.24. The van der Waals surface area contributed by atoms with Crippen LogP contribution in [0.5, 0.6) is 0 Å². The van der Waals surface area contributed by atoms with Gasteiger partial charge in [0.15, 0.2) is 0 Å². The molecule has 0 fully saturated rings. The third-order valence-corrected chi connectivity index (χ3v) is 2.86. The van der Waals surface area contributed by atoms with Gasteiger partial charge in [-0.1, -0.05) is 6.92 Å². The molecule has 2 aromatic rings. The Hall–Kier alpha value is -1.68. The quantitative estimate of drug-likeness (QED) is 0.856. The second kappa shape index (κ2) is 4.67. The molecule has 0 spiro atoms. The summed E-state index contributed by atoms with van der Waals surface area (Å²) in [4.78, 5) is 7.41. The number of rotatable bonds is 3. The zero-order valence-corrected chi connectivity index (χ0v) is 10.00. The first-order valence-electron chi connectivity index (χ1n) is 5.68. The van der Waals surface area contributed by atoms with Crippen molar-refractivity contribution in [2.24, 2.45) is 5.73 Å². The molecule has 0 unspecified atom stereocenters. The van der Waals surface area contributed by atoms with Crippen LogP contribution >= 0.6 is 0 Å². The number of nitrogens with zero attached hydrogens (tertiary/aromatic N) is 1. The number of nitrogens with two attached hydrogens (primary N) is 1. The fourth-order valence-electron chi connectivity index (χ4n) is 1.68. The van der Waals surface area contributed by atoms with Crippen LogP contribution in [0.25, 0.3) is 11.3 Å². The number of aromatic amines is 1. The summed E-state index contributed by atoms with van der Waals surface area (Å²) in [6.07, 6.45) is 2.56. The summed E-state index contributed by atoms with van der Waals surface area (Å²) in [6.45, 7) is 3.75. The Bertz CT molecular complexity index is 519. The molecule has 0 saturated carbocycles. The average Bonchev–Trinajstić information content (AvgIpc) is 2.81. The minimum Gasteiger partial charge on any atom is -0.341 e. The summed E-state index contributed by atoms with van der Waals surface area (Å²) in [5.74, 6) is 0.572. The molecule has 0 radical (unpaired) electrons. The van der Waals surface area contributed by atoms with Crippen LogP contribution in [0.3, 0.4) is 0 Å². The first kappa shape index (κ1) is 11.8. The summed E-state index contributed by atoms with van der Waals surface area (Å²) < 4.78 is 13.2. The highest BCUT2D eigenvalue weighted by molar-refractivity contribution is 5.59. The van der Waals surface area contributed by atoms with Gasteiger partial charge in [0.1, 0.15) is 11.6 Å². The van der Waals surface area contributed by atoms with Crippen molar-refractivity contribution in [3.8, 4) is 11.3 Å². The summed E-state index contributed by atoms with van der Waals surface area (Å²) in [6, 6.07) is 4.91. The van der Waals surface area contributed by atoms with Crippen molar-refractivity contribution in [1.82, 2.24) is 9.97 Å². The molecule has 4 heteroatoms. The van der Waals surface area contributed by atoms with Gasteiger partial charge in [0, 0.05) is 5.56 Å². The second-order valence-corrected chi connectivity index (χ2v) is 4.16. The summed E-state index contributed by atoms with van der Waals surface area (Å²) >= 11 is 0. The molecule has 1 atom stereocenters. The van der Waals surface area contributed by atoms with Crippen LogP contribution in [-0.2, 0) is 0 Å². The van der Waals surface area contributed by atoms with Crippen molar-refractivity contribution in [3.05, 3.63) is 41.6 Å². The lowest BCUT2D eigenvalue weighted by Gasteiger charge is -2.04. The first-order chi connectivity index (χ1) is 8.11. The Morgan fingerprint density at radius 2 is 2.24 bits per heavy atom. The van der Waals surface area contributed by atoms with Gasteiger partial charge >= 0.3 is 0 Å². The van der Waals surface area contributed by atoms with Gasteiger partial charge in [0.25, 0.3) is 0 Å².